The van der Waals surface area contributed by atoms with E-state index in [0.29, 0.717) is 22.4 Å². The van der Waals surface area contributed by atoms with Crippen molar-refractivity contribution in [3.8, 4) is 0 Å². The summed E-state index contributed by atoms with van der Waals surface area (Å²) in [7, 11) is 0. The van der Waals surface area contributed by atoms with Gasteiger partial charge in [-0.25, -0.2) is 4.98 Å². The Balaban J connectivity index is 2.15. The van der Waals surface area contributed by atoms with Gasteiger partial charge in [-0.3, -0.25) is 9.78 Å². The van der Waals surface area contributed by atoms with E-state index >= 15 is 0 Å². The number of thioether (sulfide) groups is 1. The van der Waals surface area contributed by atoms with Crippen LogP contribution in [0.5, 0.6) is 0 Å². The van der Waals surface area contributed by atoms with E-state index in [1.165, 1.54) is 18.2 Å². The zero-order chi connectivity index (χ0) is 17.0. The summed E-state index contributed by atoms with van der Waals surface area (Å²) in [5.41, 5.74) is -0.0166. The van der Waals surface area contributed by atoms with Gasteiger partial charge in [0.2, 0.25) is 5.95 Å². The Labute approximate surface area is 135 Å². The van der Waals surface area contributed by atoms with Crippen LogP contribution < -0.4 is 10.9 Å². The molecule has 8 heteroatoms. The van der Waals surface area contributed by atoms with Crippen molar-refractivity contribution in [2.75, 3.05) is 5.32 Å². The summed E-state index contributed by atoms with van der Waals surface area (Å²) < 4.78 is 37.6. The summed E-state index contributed by atoms with van der Waals surface area (Å²) in [6.45, 7) is 4.08. The second-order valence-electron chi connectivity index (χ2n) is 5.15. The zero-order valence-corrected chi connectivity index (χ0v) is 13.4. The van der Waals surface area contributed by atoms with Crippen molar-refractivity contribution in [1.82, 2.24) is 9.97 Å². The molecule has 124 valence electrons. The van der Waals surface area contributed by atoms with Gasteiger partial charge in [-0.15, -0.1) is 0 Å². The number of nitrogens with zero attached hydrogens (tertiary/aromatic N) is 1. The molecule has 0 spiro atoms. The van der Waals surface area contributed by atoms with E-state index in [0.717, 1.165) is 12.1 Å². The summed E-state index contributed by atoms with van der Waals surface area (Å²) in [6.07, 6.45) is -4.38. The number of aromatic nitrogens is 2. The molecule has 0 saturated heterocycles. The average Bonchev–Trinajstić information content (AvgIpc) is 2.44. The molecule has 2 aromatic rings. The first-order valence-electron chi connectivity index (χ1n) is 6.90. The predicted octanol–water partition coefficient (Wildman–Crippen LogP) is 4.17. The Morgan fingerprint density at radius 3 is 2.48 bits per heavy atom. The average molecular weight is 343 g/mol. The molecule has 1 aromatic carbocycles. The number of aromatic amines is 1. The minimum absolute atomic E-state index is 0.205. The van der Waals surface area contributed by atoms with E-state index in [-0.39, 0.29) is 11.5 Å². The first kappa shape index (κ1) is 17.4. The van der Waals surface area contributed by atoms with Crippen molar-refractivity contribution in [2.24, 2.45) is 0 Å². The Morgan fingerprint density at radius 2 is 1.91 bits per heavy atom. The maximum Gasteiger partial charge on any atom is 0.416 e. The molecule has 4 nitrogen and oxygen atoms in total. The van der Waals surface area contributed by atoms with E-state index in [2.05, 4.69) is 15.3 Å². The monoisotopic (exact) mass is 343 g/mol. The fourth-order valence-corrected chi connectivity index (χ4v) is 2.42. The molecule has 0 unspecified atom stereocenters. The van der Waals surface area contributed by atoms with Crippen LogP contribution in [0, 0.1) is 0 Å². The van der Waals surface area contributed by atoms with Crippen LogP contribution in [0.15, 0.2) is 35.1 Å². The number of H-pyrrole nitrogens is 1. The molecule has 0 fully saturated rings. The van der Waals surface area contributed by atoms with Gasteiger partial charge in [-0.1, -0.05) is 13.8 Å². The van der Waals surface area contributed by atoms with Crippen LogP contribution in [0.3, 0.4) is 0 Å². The SMILES string of the molecule is CC(C)SCc1cc(=O)[nH]c(Nc2ccc(C(F)(F)F)cc2)n1. The van der Waals surface area contributed by atoms with Crippen molar-refractivity contribution < 1.29 is 13.2 Å². The van der Waals surface area contributed by atoms with Crippen molar-refractivity contribution >= 4 is 23.4 Å². The normalized spacial score (nSPS) is 11.7. The van der Waals surface area contributed by atoms with Crippen LogP contribution in [0.4, 0.5) is 24.8 Å². The van der Waals surface area contributed by atoms with E-state index in [1.807, 2.05) is 13.8 Å². The highest BCUT2D eigenvalue weighted by Crippen LogP contribution is 2.30. The third kappa shape index (κ3) is 5.31. The highest BCUT2D eigenvalue weighted by molar-refractivity contribution is 7.99. The number of rotatable bonds is 5. The molecule has 0 aliphatic rings. The van der Waals surface area contributed by atoms with Gasteiger partial charge in [-0.2, -0.15) is 24.9 Å². The zero-order valence-electron chi connectivity index (χ0n) is 12.6. The Kier molecular flexibility index (Phi) is 5.35. The quantitative estimate of drug-likeness (QED) is 0.855. The van der Waals surface area contributed by atoms with Crippen molar-refractivity contribution in [3.05, 3.63) is 51.9 Å². The van der Waals surface area contributed by atoms with Gasteiger partial charge in [0.25, 0.3) is 5.56 Å². The lowest BCUT2D eigenvalue weighted by Gasteiger charge is -2.10. The molecule has 1 heterocycles. The first-order valence-corrected chi connectivity index (χ1v) is 7.95. The number of benzene rings is 1. The first-order chi connectivity index (χ1) is 10.7. The van der Waals surface area contributed by atoms with Gasteiger partial charge in [-0.05, 0) is 29.5 Å². The van der Waals surface area contributed by atoms with Gasteiger partial charge in [0.1, 0.15) is 0 Å². The molecule has 0 bridgehead atoms. The molecule has 0 atom stereocenters. The summed E-state index contributed by atoms with van der Waals surface area (Å²) in [6, 6.07) is 5.93. The minimum atomic E-state index is -4.38. The fourth-order valence-electron chi connectivity index (χ4n) is 1.77. The summed E-state index contributed by atoms with van der Waals surface area (Å²) in [5.74, 6) is 0.792. The van der Waals surface area contributed by atoms with Crippen LogP contribution >= 0.6 is 11.8 Å². The highest BCUT2D eigenvalue weighted by atomic mass is 32.2. The minimum Gasteiger partial charge on any atom is -0.326 e. The number of anilines is 2. The lowest BCUT2D eigenvalue weighted by molar-refractivity contribution is -0.137. The molecule has 0 radical (unpaired) electrons. The molecule has 2 N–H and O–H groups in total. The van der Waals surface area contributed by atoms with Gasteiger partial charge in [0.15, 0.2) is 0 Å². The summed E-state index contributed by atoms with van der Waals surface area (Å²) in [5, 5.41) is 3.21. The van der Waals surface area contributed by atoms with E-state index in [1.54, 1.807) is 11.8 Å². The van der Waals surface area contributed by atoms with E-state index in [4.69, 9.17) is 0 Å². The molecule has 0 aliphatic heterocycles. The largest absolute Gasteiger partial charge is 0.416 e. The molecule has 1 aromatic heterocycles. The van der Waals surface area contributed by atoms with Crippen LogP contribution in [0.25, 0.3) is 0 Å². The molecule has 23 heavy (non-hydrogen) atoms. The summed E-state index contributed by atoms with van der Waals surface area (Å²) in [4.78, 5) is 18.4. The number of hydrogen-bond acceptors (Lipinski definition) is 4. The Bertz CT molecular complexity index is 711. The third-order valence-electron chi connectivity index (χ3n) is 2.83. The lowest BCUT2D eigenvalue weighted by Crippen LogP contribution is -2.12. The number of halogens is 3. The predicted molar refractivity (Wildman–Crippen MR) is 86.0 cm³/mol. The number of nitrogens with one attached hydrogen (secondary N) is 2. The van der Waals surface area contributed by atoms with Gasteiger partial charge < -0.3 is 5.32 Å². The van der Waals surface area contributed by atoms with Crippen LogP contribution in [-0.4, -0.2) is 15.2 Å². The maximum atomic E-state index is 12.5. The maximum absolute atomic E-state index is 12.5. The van der Waals surface area contributed by atoms with Crippen LogP contribution in [0.2, 0.25) is 0 Å². The second-order valence-corrected chi connectivity index (χ2v) is 6.71. The van der Waals surface area contributed by atoms with Crippen LogP contribution in [-0.2, 0) is 11.9 Å². The van der Waals surface area contributed by atoms with Crippen molar-refractivity contribution in [1.29, 1.82) is 0 Å². The molecular weight excluding hydrogens is 327 g/mol. The Hall–Kier alpha value is -1.96. The Morgan fingerprint density at radius 1 is 1.26 bits per heavy atom. The smallest absolute Gasteiger partial charge is 0.326 e. The van der Waals surface area contributed by atoms with E-state index < -0.39 is 11.7 Å². The standard InChI is InChI=1S/C15H16F3N3OS/c1-9(2)23-8-12-7-13(22)21-14(20-12)19-11-5-3-10(4-6-11)15(16,17)18/h3-7,9H,8H2,1-2H3,(H2,19,20,21,22). The highest BCUT2D eigenvalue weighted by Gasteiger charge is 2.29. The molecule has 0 aliphatic carbocycles. The number of hydrogen-bond donors (Lipinski definition) is 2. The molecular formula is C15H16F3N3OS. The van der Waals surface area contributed by atoms with Crippen LogP contribution in [0.1, 0.15) is 25.1 Å². The van der Waals surface area contributed by atoms with Crippen molar-refractivity contribution in [3.63, 3.8) is 0 Å². The second kappa shape index (κ2) is 7.08. The summed E-state index contributed by atoms with van der Waals surface area (Å²) >= 11 is 1.64. The third-order valence-corrected chi connectivity index (χ3v) is 3.96. The van der Waals surface area contributed by atoms with Crippen molar-refractivity contribution in [2.45, 2.75) is 31.0 Å². The lowest BCUT2D eigenvalue weighted by atomic mass is 10.2. The van der Waals surface area contributed by atoms with Gasteiger partial charge in [0, 0.05) is 17.5 Å². The van der Waals surface area contributed by atoms with Gasteiger partial charge in [0.05, 0.1) is 11.3 Å². The van der Waals surface area contributed by atoms with E-state index in [9.17, 15) is 18.0 Å². The van der Waals surface area contributed by atoms with Gasteiger partial charge >= 0.3 is 6.18 Å². The molecule has 0 saturated carbocycles. The molecule has 2 rings (SSSR count). The number of alkyl halides is 3. The molecule has 0 amide bonds. The topological polar surface area (TPSA) is 57.8 Å². The fraction of sp³-hybridized carbons (Fsp3) is 0.333.